The molecule has 3 nitrogen and oxygen atoms in total. The monoisotopic (exact) mass is 253 g/mol. The van der Waals surface area contributed by atoms with Crippen LogP contribution in [0.1, 0.15) is 39.0 Å². The van der Waals surface area contributed by atoms with Crippen molar-refractivity contribution in [3.05, 3.63) is 12.3 Å². The number of allylic oxidation sites excluding steroid dienone is 1. The van der Waals surface area contributed by atoms with Gasteiger partial charge in [-0.15, -0.1) is 0 Å². The van der Waals surface area contributed by atoms with Crippen LogP contribution >= 0.6 is 0 Å². The maximum Gasteiger partial charge on any atom is 0.0784 e. The number of aliphatic hydroxyl groups is 1. The van der Waals surface area contributed by atoms with Crippen molar-refractivity contribution in [2.45, 2.75) is 51.2 Å². The molecule has 2 aliphatic rings. The Hall–Kier alpha value is -0.540. The molecule has 0 amide bonds. The van der Waals surface area contributed by atoms with Crippen LogP contribution < -0.4 is 0 Å². The molecule has 1 aliphatic heterocycles. The highest BCUT2D eigenvalue weighted by Gasteiger charge is 2.38. The molecule has 2 fully saturated rings. The zero-order valence-corrected chi connectivity index (χ0v) is 11.7. The van der Waals surface area contributed by atoms with Gasteiger partial charge in [0.15, 0.2) is 0 Å². The Morgan fingerprint density at radius 1 is 1.22 bits per heavy atom. The Balaban J connectivity index is 1.91. The summed E-state index contributed by atoms with van der Waals surface area (Å²) in [6.45, 7) is 4.77. The van der Waals surface area contributed by atoms with E-state index in [-0.39, 0.29) is 6.10 Å². The second kappa shape index (κ2) is 6.58. The first-order valence-electron chi connectivity index (χ1n) is 7.32. The third kappa shape index (κ3) is 3.27. The second-order valence-electron chi connectivity index (χ2n) is 5.94. The molecule has 3 heteroatoms. The van der Waals surface area contributed by atoms with Crippen molar-refractivity contribution in [1.82, 2.24) is 4.90 Å². The Kier molecular flexibility index (Phi) is 5.07. The van der Waals surface area contributed by atoms with Crippen LogP contribution in [0.3, 0.4) is 0 Å². The second-order valence-corrected chi connectivity index (χ2v) is 5.94. The van der Waals surface area contributed by atoms with E-state index in [9.17, 15) is 5.11 Å². The third-order valence-corrected chi connectivity index (χ3v) is 4.67. The van der Waals surface area contributed by atoms with Crippen molar-refractivity contribution in [3.63, 3.8) is 0 Å². The fourth-order valence-corrected chi connectivity index (χ4v) is 3.46. The van der Waals surface area contributed by atoms with Crippen molar-refractivity contribution in [2.75, 3.05) is 20.2 Å². The van der Waals surface area contributed by atoms with E-state index in [1.54, 1.807) is 13.4 Å². The average molecular weight is 253 g/mol. The van der Waals surface area contributed by atoms with E-state index < -0.39 is 0 Å². The number of hydrogen-bond donors (Lipinski definition) is 1. The minimum Gasteiger partial charge on any atom is -0.505 e. The van der Waals surface area contributed by atoms with Crippen molar-refractivity contribution < 1.29 is 9.84 Å². The van der Waals surface area contributed by atoms with Gasteiger partial charge in [-0.05, 0) is 57.2 Å². The molecule has 0 aromatic rings. The molecule has 3 atom stereocenters. The van der Waals surface area contributed by atoms with E-state index in [2.05, 4.69) is 17.9 Å². The summed E-state index contributed by atoms with van der Waals surface area (Å²) in [5.74, 6) is 1.27. The minimum absolute atomic E-state index is 0.129. The first-order chi connectivity index (χ1) is 8.72. The Morgan fingerprint density at radius 2 is 1.94 bits per heavy atom. The zero-order valence-electron chi connectivity index (χ0n) is 11.7. The molecule has 0 radical (unpaired) electrons. The highest BCUT2D eigenvalue weighted by molar-refractivity contribution is 4.95. The van der Waals surface area contributed by atoms with Gasteiger partial charge in [0.1, 0.15) is 0 Å². The minimum atomic E-state index is -0.129. The smallest absolute Gasteiger partial charge is 0.0784 e. The summed E-state index contributed by atoms with van der Waals surface area (Å²) in [6, 6.07) is 0.578. The first kappa shape index (κ1) is 13.9. The van der Waals surface area contributed by atoms with Gasteiger partial charge in [-0.2, -0.15) is 0 Å². The van der Waals surface area contributed by atoms with E-state index in [0.717, 1.165) is 25.2 Å². The first-order valence-corrected chi connectivity index (χ1v) is 7.32. The Labute approximate surface area is 111 Å². The number of rotatable bonds is 4. The lowest BCUT2D eigenvalue weighted by atomic mass is 9.92. The van der Waals surface area contributed by atoms with Crippen LogP contribution in [0, 0.1) is 11.8 Å². The third-order valence-electron chi connectivity index (χ3n) is 4.67. The van der Waals surface area contributed by atoms with Crippen LogP contribution in [0.2, 0.25) is 0 Å². The maximum absolute atomic E-state index is 10.1. The number of likely N-dealkylation sites (tertiary alicyclic amines) is 1. The molecule has 0 bridgehead atoms. The molecule has 1 saturated heterocycles. The number of ether oxygens (including phenoxy) is 1. The molecule has 2 rings (SSSR count). The molecule has 0 spiro atoms. The Bertz CT molecular complexity index is 272. The van der Waals surface area contributed by atoms with Crippen LogP contribution in [0.5, 0.6) is 0 Å². The summed E-state index contributed by atoms with van der Waals surface area (Å²) in [6.07, 6.45) is 9.34. The molecular formula is C15H27NO2. The maximum atomic E-state index is 10.1. The van der Waals surface area contributed by atoms with Gasteiger partial charge in [0, 0.05) is 12.0 Å². The lowest BCUT2D eigenvalue weighted by Crippen LogP contribution is -2.44. The molecule has 0 unspecified atom stereocenters. The van der Waals surface area contributed by atoms with Crippen molar-refractivity contribution in [2.24, 2.45) is 11.8 Å². The van der Waals surface area contributed by atoms with Crippen LogP contribution in [0.25, 0.3) is 0 Å². The zero-order chi connectivity index (χ0) is 13.0. The van der Waals surface area contributed by atoms with Gasteiger partial charge in [0.25, 0.3) is 0 Å². The van der Waals surface area contributed by atoms with Gasteiger partial charge in [-0.25, -0.2) is 0 Å². The SMILES string of the molecule is COC=CC[C@H]1[C@@H](O)CC[C@@H]1N1CCC(C)CC1. The largest absolute Gasteiger partial charge is 0.505 e. The number of nitrogens with zero attached hydrogens (tertiary/aromatic N) is 1. The van der Waals surface area contributed by atoms with Gasteiger partial charge < -0.3 is 9.84 Å². The van der Waals surface area contributed by atoms with Gasteiger partial charge in [-0.1, -0.05) is 6.92 Å². The van der Waals surface area contributed by atoms with Crippen LogP contribution in [-0.2, 0) is 4.74 Å². The van der Waals surface area contributed by atoms with Gasteiger partial charge in [-0.3, -0.25) is 4.90 Å². The lowest BCUT2D eigenvalue weighted by Gasteiger charge is -2.38. The van der Waals surface area contributed by atoms with Crippen molar-refractivity contribution in [3.8, 4) is 0 Å². The highest BCUT2D eigenvalue weighted by Crippen LogP contribution is 2.35. The normalized spacial score (nSPS) is 35.4. The summed E-state index contributed by atoms with van der Waals surface area (Å²) < 4.78 is 4.96. The molecule has 104 valence electrons. The quantitative estimate of drug-likeness (QED) is 0.781. The molecule has 1 saturated carbocycles. The van der Waals surface area contributed by atoms with E-state index in [1.807, 2.05) is 0 Å². The lowest BCUT2D eigenvalue weighted by molar-refractivity contribution is 0.0682. The number of aliphatic hydroxyl groups excluding tert-OH is 1. The van der Waals surface area contributed by atoms with Gasteiger partial charge in [0.2, 0.25) is 0 Å². The molecular weight excluding hydrogens is 226 g/mol. The predicted molar refractivity (Wildman–Crippen MR) is 73.3 cm³/mol. The predicted octanol–water partition coefficient (Wildman–Crippen LogP) is 2.41. The van der Waals surface area contributed by atoms with Crippen molar-refractivity contribution in [1.29, 1.82) is 0 Å². The number of methoxy groups -OCH3 is 1. The number of piperidine rings is 1. The summed E-state index contributed by atoms with van der Waals surface area (Å²) in [5, 5.41) is 10.1. The molecule has 0 aromatic heterocycles. The van der Waals surface area contributed by atoms with E-state index >= 15 is 0 Å². The fraction of sp³-hybridized carbons (Fsp3) is 0.867. The molecule has 1 heterocycles. The van der Waals surface area contributed by atoms with Crippen LogP contribution in [-0.4, -0.2) is 42.4 Å². The summed E-state index contributed by atoms with van der Waals surface area (Å²) >= 11 is 0. The summed E-state index contributed by atoms with van der Waals surface area (Å²) in [5.41, 5.74) is 0. The highest BCUT2D eigenvalue weighted by atomic mass is 16.5. The average Bonchev–Trinajstić information content (AvgIpc) is 2.73. The molecule has 1 N–H and O–H groups in total. The van der Waals surface area contributed by atoms with E-state index in [0.29, 0.717) is 12.0 Å². The topological polar surface area (TPSA) is 32.7 Å². The molecule has 1 aliphatic carbocycles. The Morgan fingerprint density at radius 3 is 2.61 bits per heavy atom. The molecule has 0 aromatic carbocycles. The fourth-order valence-electron chi connectivity index (χ4n) is 3.46. The van der Waals surface area contributed by atoms with E-state index in [4.69, 9.17) is 4.74 Å². The van der Waals surface area contributed by atoms with Gasteiger partial charge in [0.05, 0.1) is 19.5 Å². The summed E-state index contributed by atoms with van der Waals surface area (Å²) in [7, 11) is 1.67. The standard InChI is InChI=1S/C15H27NO2/c1-12-7-9-16(10-8-12)14-5-6-15(17)13(14)4-3-11-18-2/h3,11-15,17H,4-10H2,1-2H3/t13-,14+,15+/m1/s1. The van der Waals surface area contributed by atoms with Gasteiger partial charge >= 0.3 is 0 Å². The van der Waals surface area contributed by atoms with Crippen LogP contribution in [0.15, 0.2) is 12.3 Å². The summed E-state index contributed by atoms with van der Waals surface area (Å²) in [4.78, 5) is 2.61. The van der Waals surface area contributed by atoms with E-state index in [1.165, 1.54) is 25.9 Å². The molecule has 18 heavy (non-hydrogen) atoms. The number of hydrogen-bond acceptors (Lipinski definition) is 3. The van der Waals surface area contributed by atoms with Crippen molar-refractivity contribution >= 4 is 0 Å². The van der Waals surface area contributed by atoms with Crippen LogP contribution in [0.4, 0.5) is 0 Å².